The summed E-state index contributed by atoms with van der Waals surface area (Å²) in [6.45, 7) is 9.54. The van der Waals surface area contributed by atoms with Crippen molar-refractivity contribution in [3.63, 3.8) is 0 Å². The van der Waals surface area contributed by atoms with Crippen molar-refractivity contribution in [2.45, 2.75) is 40.7 Å². The molecular formula is C33H33N3O6S. The van der Waals surface area contributed by atoms with E-state index in [1.54, 1.807) is 31.6 Å². The zero-order valence-electron chi connectivity index (χ0n) is 25.2. The zero-order chi connectivity index (χ0) is 31.0. The monoisotopic (exact) mass is 599 g/mol. The third kappa shape index (κ3) is 5.23. The smallest absolute Gasteiger partial charge is 0.338 e. The second-order valence-electron chi connectivity index (χ2n) is 10.2. The molecule has 0 spiro atoms. The fraction of sp³-hybridized carbons (Fsp3) is 0.273. The van der Waals surface area contributed by atoms with Crippen molar-refractivity contribution in [2.75, 3.05) is 20.8 Å². The van der Waals surface area contributed by atoms with E-state index in [4.69, 9.17) is 14.2 Å². The second-order valence-corrected chi connectivity index (χ2v) is 11.2. The van der Waals surface area contributed by atoms with Gasteiger partial charge < -0.3 is 18.8 Å². The van der Waals surface area contributed by atoms with Crippen LogP contribution < -0.4 is 19.6 Å². The summed E-state index contributed by atoms with van der Waals surface area (Å²) in [5.41, 5.74) is 6.10. The maximum Gasteiger partial charge on any atom is 0.338 e. The van der Waals surface area contributed by atoms with Gasteiger partial charge in [-0.3, -0.25) is 9.36 Å². The molecule has 0 unspecified atom stereocenters. The van der Waals surface area contributed by atoms with Crippen LogP contribution in [0.3, 0.4) is 0 Å². The number of nitrogens with zero attached hydrogens (tertiary/aromatic N) is 3. The predicted octanol–water partition coefficient (Wildman–Crippen LogP) is 4.31. The number of benzene rings is 2. The summed E-state index contributed by atoms with van der Waals surface area (Å²) < 4.78 is 19.9. The third-order valence-electron chi connectivity index (χ3n) is 7.63. The number of aryl methyl sites for hydroxylation is 1. The summed E-state index contributed by atoms with van der Waals surface area (Å²) in [4.78, 5) is 44.8. The van der Waals surface area contributed by atoms with E-state index in [0.29, 0.717) is 37.5 Å². The van der Waals surface area contributed by atoms with Crippen LogP contribution in [0.25, 0.3) is 11.8 Å². The van der Waals surface area contributed by atoms with Crippen molar-refractivity contribution in [2.24, 2.45) is 4.99 Å². The van der Waals surface area contributed by atoms with Gasteiger partial charge in [0, 0.05) is 17.1 Å². The maximum atomic E-state index is 14.1. The largest absolute Gasteiger partial charge is 0.497 e. The van der Waals surface area contributed by atoms with Crippen LogP contribution in [0.5, 0.6) is 5.75 Å². The minimum atomic E-state index is -0.733. The average Bonchev–Trinajstić information content (AvgIpc) is 3.45. The van der Waals surface area contributed by atoms with Crippen molar-refractivity contribution >= 4 is 29.4 Å². The van der Waals surface area contributed by atoms with Crippen LogP contribution in [-0.4, -0.2) is 41.9 Å². The third-order valence-corrected chi connectivity index (χ3v) is 8.62. The van der Waals surface area contributed by atoms with E-state index in [0.717, 1.165) is 28.2 Å². The average molecular weight is 600 g/mol. The van der Waals surface area contributed by atoms with Crippen LogP contribution in [0, 0.1) is 20.8 Å². The highest BCUT2D eigenvalue weighted by atomic mass is 32.1. The van der Waals surface area contributed by atoms with Crippen molar-refractivity contribution in [3.8, 4) is 11.4 Å². The fourth-order valence-corrected chi connectivity index (χ4v) is 6.60. The Kier molecular flexibility index (Phi) is 8.23. The number of carbonyl (C=O) groups excluding carboxylic acids is 2. The molecule has 4 aromatic rings. The molecule has 0 saturated carbocycles. The quantitative estimate of drug-likeness (QED) is 0.294. The van der Waals surface area contributed by atoms with Gasteiger partial charge in [-0.15, -0.1) is 0 Å². The highest BCUT2D eigenvalue weighted by molar-refractivity contribution is 7.07. The van der Waals surface area contributed by atoms with Gasteiger partial charge in [-0.05, 0) is 87.7 Å². The van der Waals surface area contributed by atoms with Crippen molar-refractivity contribution in [3.05, 3.63) is 113 Å². The molecule has 2 aromatic carbocycles. The van der Waals surface area contributed by atoms with E-state index in [9.17, 15) is 14.4 Å². The molecule has 9 nitrogen and oxygen atoms in total. The Morgan fingerprint density at radius 2 is 1.77 bits per heavy atom. The van der Waals surface area contributed by atoms with Crippen LogP contribution in [-0.2, 0) is 14.3 Å². The van der Waals surface area contributed by atoms with E-state index in [1.807, 2.05) is 69.3 Å². The van der Waals surface area contributed by atoms with Crippen LogP contribution in [0.1, 0.15) is 58.3 Å². The lowest BCUT2D eigenvalue weighted by atomic mass is 9.95. The van der Waals surface area contributed by atoms with E-state index < -0.39 is 18.0 Å². The number of thiazole rings is 1. The van der Waals surface area contributed by atoms with E-state index in [-0.39, 0.29) is 12.2 Å². The fourth-order valence-electron chi connectivity index (χ4n) is 5.56. The van der Waals surface area contributed by atoms with E-state index in [1.165, 1.54) is 18.4 Å². The molecule has 0 fully saturated rings. The zero-order valence-corrected chi connectivity index (χ0v) is 26.0. The molecule has 1 atom stereocenters. The van der Waals surface area contributed by atoms with Gasteiger partial charge in [0.1, 0.15) is 5.75 Å². The normalized spacial score (nSPS) is 14.8. The number of esters is 2. The lowest BCUT2D eigenvalue weighted by molar-refractivity contribution is -0.139. The number of fused-ring (bicyclic) bond motifs is 1. The number of hydrogen-bond acceptors (Lipinski definition) is 8. The van der Waals surface area contributed by atoms with Crippen LogP contribution >= 0.6 is 11.3 Å². The summed E-state index contributed by atoms with van der Waals surface area (Å²) in [5, 5.41) is 0. The van der Waals surface area contributed by atoms with Crippen LogP contribution in [0.15, 0.2) is 69.6 Å². The van der Waals surface area contributed by atoms with Gasteiger partial charge in [0.15, 0.2) is 4.80 Å². The van der Waals surface area contributed by atoms with E-state index >= 15 is 0 Å². The van der Waals surface area contributed by atoms with Gasteiger partial charge in [0.05, 0.1) is 48.2 Å². The lowest BCUT2D eigenvalue weighted by Gasteiger charge is -2.25. The molecule has 2 aromatic heterocycles. The lowest BCUT2D eigenvalue weighted by Crippen LogP contribution is -2.39. The summed E-state index contributed by atoms with van der Waals surface area (Å²) in [6.07, 6.45) is 1.86. The Balaban J connectivity index is 1.69. The molecular weight excluding hydrogens is 566 g/mol. The summed E-state index contributed by atoms with van der Waals surface area (Å²) >= 11 is 1.27. The maximum absolute atomic E-state index is 14.1. The van der Waals surface area contributed by atoms with Gasteiger partial charge in [-0.2, -0.15) is 0 Å². The first-order chi connectivity index (χ1) is 20.6. The van der Waals surface area contributed by atoms with Gasteiger partial charge in [0.2, 0.25) is 0 Å². The topological polar surface area (TPSA) is 101 Å². The molecule has 3 heterocycles. The Morgan fingerprint density at radius 3 is 2.47 bits per heavy atom. The summed E-state index contributed by atoms with van der Waals surface area (Å²) in [7, 11) is 2.94. The molecule has 0 N–H and O–H groups in total. The Hall–Kier alpha value is -4.70. The van der Waals surface area contributed by atoms with Crippen molar-refractivity contribution in [1.29, 1.82) is 0 Å². The molecule has 1 aliphatic rings. The molecule has 0 aliphatic carbocycles. The number of ether oxygens (including phenoxy) is 3. The van der Waals surface area contributed by atoms with Gasteiger partial charge >= 0.3 is 11.9 Å². The molecule has 0 saturated heterocycles. The standard InChI is InChI=1S/C33H33N3O6S/c1-8-42-32(39)28-20(4)34-33-36(29(28)22-11-9-12-24(16-22)40-6)30(37)27(43-33)17-23-15-18(2)35(21(23)5)26-14-10-13-25(19(26)3)31(38)41-7/h9-17,29H,8H2,1-7H3/b27-17+/t29-/m1/s1. The second kappa shape index (κ2) is 11.9. The van der Waals surface area contributed by atoms with Gasteiger partial charge in [0.25, 0.3) is 5.56 Å². The minimum absolute atomic E-state index is 0.197. The molecule has 0 radical (unpaired) electrons. The number of aromatic nitrogens is 2. The predicted molar refractivity (Wildman–Crippen MR) is 165 cm³/mol. The first-order valence-electron chi connectivity index (χ1n) is 13.8. The molecule has 0 amide bonds. The highest BCUT2D eigenvalue weighted by Crippen LogP contribution is 2.32. The number of allylic oxidation sites excluding steroid dienone is 1. The Morgan fingerprint density at radius 1 is 1.02 bits per heavy atom. The molecule has 10 heteroatoms. The molecule has 5 rings (SSSR count). The summed E-state index contributed by atoms with van der Waals surface area (Å²) in [5.74, 6) is -0.304. The minimum Gasteiger partial charge on any atom is -0.497 e. The van der Waals surface area contributed by atoms with Crippen LogP contribution in [0.4, 0.5) is 0 Å². The number of hydrogen-bond donors (Lipinski definition) is 0. The van der Waals surface area contributed by atoms with Crippen molar-refractivity contribution < 1.29 is 23.8 Å². The van der Waals surface area contributed by atoms with Gasteiger partial charge in [-0.1, -0.05) is 29.5 Å². The number of rotatable bonds is 7. The first-order valence-corrected chi connectivity index (χ1v) is 14.6. The molecule has 0 bridgehead atoms. The number of methoxy groups -OCH3 is 2. The first kappa shape index (κ1) is 29.8. The Labute approximate surface area is 253 Å². The molecule has 222 valence electrons. The summed E-state index contributed by atoms with van der Waals surface area (Å²) in [6, 6.07) is 14.1. The highest BCUT2D eigenvalue weighted by Gasteiger charge is 2.33. The number of carbonyl (C=O) groups is 2. The van der Waals surface area contributed by atoms with Crippen LogP contribution in [0.2, 0.25) is 0 Å². The Bertz CT molecular complexity index is 1980. The van der Waals surface area contributed by atoms with E-state index in [2.05, 4.69) is 9.56 Å². The molecule has 43 heavy (non-hydrogen) atoms. The molecule has 1 aliphatic heterocycles. The SMILES string of the molecule is CCOC(=O)C1=C(C)N=c2s/c(=C/c3cc(C)n(-c4cccc(C(=O)OC)c4C)c3C)c(=O)n2[C@@H]1c1cccc(OC)c1. The van der Waals surface area contributed by atoms with Crippen molar-refractivity contribution in [1.82, 2.24) is 9.13 Å². The van der Waals surface area contributed by atoms with Gasteiger partial charge in [-0.25, -0.2) is 14.6 Å².